The van der Waals surface area contributed by atoms with Gasteiger partial charge in [0.25, 0.3) is 0 Å². The molecule has 2 aliphatic rings. The van der Waals surface area contributed by atoms with Crippen LogP contribution >= 0.6 is 0 Å². The smallest absolute Gasteiger partial charge is 0.0381 e. The summed E-state index contributed by atoms with van der Waals surface area (Å²) < 4.78 is 0. The molecule has 2 aliphatic carbocycles. The fraction of sp³-hybridized carbons (Fsp3) is 0.556. The molecule has 2 aromatic rings. The lowest BCUT2D eigenvalue weighted by atomic mass is 9.68. The largest absolute Gasteiger partial charge is 0.359 e. The summed E-state index contributed by atoms with van der Waals surface area (Å²) >= 11 is 0. The van der Waals surface area contributed by atoms with Crippen LogP contribution in [0, 0.1) is 0 Å². The van der Waals surface area contributed by atoms with Gasteiger partial charge in [0.05, 0.1) is 0 Å². The van der Waals surface area contributed by atoms with E-state index in [1.165, 1.54) is 88.4 Å². The van der Waals surface area contributed by atoms with Gasteiger partial charge in [0.2, 0.25) is 0 Å². The Bertz CT molecular complexity index is 1040. The van der Waals surface area contributed by atoms with Crippen molar-refractivity contribution in [3.05, 3.63) is 82.6 Å². The molecule has 200 valence electrons. The molecule has 0 fully saturated rings. The van der Waals surface area contributed by atoms with E-state index in [-0.39, 0.29) is 5.41 Å². The van der Waals surface area contributed by atoms with Gasteiger partial charge in [-0.25, -0.2) is 0 Å². The minimum absolute atomic E-state index is 0.179. The molecule has 0 saturated carbocycles. The summed E-state index contributed by atoms with van der Waals surface area (Å²) in [5, 5.41) is 3.79. The van der Waals surface area contributed by atoms with E-state index in [2.05, 4.69) is 87.6 Å². The number of allylic oxidation sites excluding steroid dienone is 4. The molecule has 4 rings (SSSR count). The first-order valence-electron chi connectivity index (χ1n) is 15.6. The van der Waals surface area contributed by atoms with Crippen molar-refractivity contribution in [3.8, 4) is 0 Å². The number of fused-ring (bicyclic) bond motifs is 2. The van der Waals surface area contributed by atoms with E-state index >= 15 is 0 Å². The molecule has 0 spiro atoms. The molecule has 0 radical (unpaired) electrons. The summed E-state index contributed by atoms with van der Waals surface area (Å²) in [7, 11) is 0. The van der Waals surface area contributed by atoms with Crippen LogP contribution in [-0.4, -0.2) is 0 Å². The second kappa shape index (κ2) is 13.5. The van der Waals surface area contributed by atoms with E-state index in [1.807, 2.05) is 0 Å². The van der Waals surface area contributed by atoms with Crippen molar-refractivity contribution in [2.24, 2.45) is 0 Å². The van der Waals surface area contributed by atoms with Crippen molar-refractivity contribution in [2.75, 3.05) is 5.32 Å². The molecule has 0 aliphatic heterocycles. The lowest BCUT2D eigenvalue weighted by molar-refractivity contribution is 0.396. The molecule has 1 N–H and O–H groups in total. The van der Waals surface area contributed by atoms with E-state index in [9.17, 15) is 0 Å². The average molecular weight is 498 g/mol. The van der Waals surface area contributed by atoms with Crippen LogP contribution in [0.25, 0.3) is 5.57 Å². The number of rotatable bonds is 15. The molecule has 1 nitrogen and oxygen atoms in total. The molecule has 0 unspecified atom stereocenters. The first-order valence-corrected chi connectivity index (χ1v) is 15.6. The highest BCUT2D eigenvalue weighted by Gasteiger charge is 2.44. The zero-order valence-corrected chi connectivity index (χ0v) is 24.2. The fourth-order valence-electron chi connectivity index (χ4n) is 6.99. The van der Waals surface area contributed by atoms with Crippen LogP contribution in [0.3, 0.4) is 0 Å². The van der Waals surface area contributed by atoms with Crippen molar-refractivity contribution in [3.63, 3.8) is 0 Å². The van der Waals surface area contributed by atoms with E-state index in [4.69, 9.17) is 0 Å². The molecular formula is C36H51N. The first-order chi connectivity index (χ1) is 18.2. The Morgan fingerprint density at radius 2 is 1.43 bits per heavy atom. The third-order valence-electron chi connectivity index (χ3n) is 9.14. The minimum Gasteiger partial charge on any atom is -0.359 e. The molecule has 0 heterocycles. The number of nitrogens with one attached hydrogen (secondary N) is 1. The second-order valence-electron chi connectivity index (χ2n) is 11.6. The quantitative estimate of drug-likeness (QED) is 0.241. The van der Waals surface area contributed by atoms with Crippen LogP contribution in [0.2, 0.25) is 0 Å². The van der Waals surface area contributed by atoms with Gasteiger partial charge >= 0.3 is 0 Å². The minimum atomic E-state index is 0.179. The summed E-state index contributed by atoms with van der Waals surface area (Å²) in [6.07, 6.45) is 20.6. The van der Waals surface area contributed by atoms with E-state index in [0.29, 0.717) is 5.92 Å². The zero-order valence-electron chi connectivity index (χ0n) is 24.2. The topological polar surface area (TPSA) is 12.0 Å². The molecule has 0 atom stereocenters. The van der Waals surface area contributed by atoms with Crippen molar-refractivity contribution in [2.45, 2.75) is 129 Å². The Morgan fingerprint density at radius 1 is 0.757 bits per heavy atom. The number of hydrogen-bond donors (Lipinski definition) is 1. The molecular weight excluding hydrogens is 446 g/mol. The predicted molar refractivity (Wildman–Crippen MR) is 163 cm³/mol. The Labute approximate surface area is 227 Å². The maximum atomic E-state index is 3.79. The van der Waals surface area contributed by atoms with Gasteiger partial charge in [-0.3, -0.25) is 0 Å². The van der Waals surface area contributed by atoms with Crippen LogP contribution in [0.4, 0.5) is 5.69 Å². The molecule has 2 aromatic carbocycles. The van der Waals surface area contributed by atoms with E-state index in [1.54, 1.807) is 27.8 Å². The molecule has 0 amide bonds. The number of anilines is 1. The van der Waals surface area contributed by atoms with Crippen LogP contribution in [0.5, 0.6) is 0 Å². The van der Waals surface area contributed by atoms with E-state index in [0.717, 1.165) is 12.8 Å². The normalized spacial score (nSPS) is 16.1. The SMILES string of the molecule is CCCCCCC1(CCCCCC)C2=C(CCC(Nc3ccccc3)=C2)c2ccc(C(CC)CC)cc21. The number of hydrogen-bond acceptors (Lipinski definition) is 1. The lowest BCUT2D eigenvalue weighted by Gasteiger charge is -2.35. The van der Waals surface area contributed by atoms with Crippen LogP contribution in [-0.2, 0) is 5.41 Å². The van der Waals surface area contributed by atoms with Crippen LogP contribution in [0.1, 0.15) is 140 Å². The van der Waals surface area contributed by atoms with Gasteiger partial charge in [0.1, 0.15) is 0 Å². The van der Waals surface area contributed by atoms with Gasteiger partial charge in [0.15, 0.2) is 0 Å². The third kappa shape index (κ3) is 6.24. The molecule has 0 aromatic heterocycles. The third-order valence-corrected chi connectivity index (χ3v) is 9.14. The van der Waals surface area contributed by atoms with Gasteiger partial charge in [-0.15, -0.1) is 0 Å². The van der Waals surface area contributed by atoms with Crippen LogP contribution in [0.15, 0.2) is 65.9 Å². The molecule has 0 saturated heterocycles. The Hall–Kier alpha value is -2.28. The highest BCUT2D eigenvalue weighted by Crippen LogP contribution is 2.56. The van der Waals surface area contributed by atoms with Gasteiger partial charge in [0, 0.05) is 16.8 Å². The monoisotopic (exact) mass is 497 g/mol. The van der Waals surface area contributed by atoms with Gasteiger partial charge in [-0.05, 0) is 90.5 Å². The van der Waals surface area contributed by atoms with Gasteiger partial charge in [-0.2, -0.15) is 0 Å². The summed E-state index contributed by atoms with van der Waals surface area (Å²) in [6, 6.07) is 18.4. The Kier molecular flexibility index (Phi) is 10.1. The summed E-state index contributed by atoms with van der Waals surface area (Å²) in [4.78, 5) is 0. The van der Waals surface area contributed by atoms with Crippen molar-refractivity contribution in [1.29, 1.82) is 0 Å². The second-order valence-corrected chi connectivity index (χ2v) is 11.6. The van der Waals surface area contributed by atoms with Crippen molar-refractivity contribution < 1.29 is 0 Å². The van der Waals surface area contributed by atoms with Crippen molar-refractivity contribution in [1.82, 2.24) is 0 Å². The maximum Gasteiger partial charge on any atom is 0.0381 e. The molecule has 0 bridgehead atoms. The highest BCUT2D eigenvalue weighted by atomic mass is 14.9. The summed E-state index contributed by atoms with van der Waals surface area (Å²) in [5.41, 5.74) is 10.9. The lowest BCUT2D eigenvalue weighted by Crippen LogP contribution is -2.27. The van der Waals surface area contributed by atoms with Crippen molar-refractivity contribution >= 4 is 11.3 Å². The van der Waals surface area contributed by atoms with Crippen LogP contribution < -0.4 is 5.32 Å². The first kappa shape index (κ1) is 27.7. The predicted octanol–water partition coefficient (Wildman–Crippen LogP) is 11.3. The number of benzene rings is 2. The molecule has 1 heteroatoms. The number of para-hydroxylation sites is 1. The Morgan fingerprint density at radius 3 is 2.05 bits per heavy atom. The standard InChI is InChI=1S/C36H51N/c1-5-9-11-16-24-36(25-17-12-10-6-2)34-26-29(28(7-3)8-4)20-22-32(34)33-23-21-31(27-35(33)36)37-30-18-14-13-15-19-30/h13-15,18-20,22,26-28,37H,5-12,16-17,21,23-25H2,1-4H3. The highest BCUT2D eigenvalue weighted by molar-refractivity contribution is 5.84. The fourth-order valence-corrected chi connectivity index (χ4v) is 6.99. The van der Waals surface area contributed by atoms with Gasteiger partial charge in [-0.1, -0.05) is 115 Å². The average Bonchev–Trinajstić information content (AvgIpc) is 3.19. The number of unbranched alkanes of at least 4 members (excludes halogenated alkanes) is 6. The summed E-state index contributed by atoms with van der Waals surface area (Å²) in [5.74, 6) is 0.673. The molecule has 37 heavy (non-hydrogen) atoms. The Balaban J connectivity index is 1.77. The van der Waals surface area contributed by atoms with E-state index < -0.39 is 0 Å². The van der Waals surface area contributed by atoms with Gasteiger partial charge < -0.3 is 5.32 Å². The zero-order chi connectivity index (χ0) is 26.1. The maximum absolute atomic E-state index is 3.79. The summed E-state index contributed by atoms with van der Waals surface area (Å²) in [6.45, 7) is 9.38.